The van der Waals surface area contributed by atoms with Crippen LogP contribution in [0.25, 0.3) is 15.7 Å². The predicted octanol–water partition coefficient (Wildman–Crippen LogP) is 7.70. The lowest BCUT2D eigenvalue weighted by molar-refractivity contribution is 0.286. The SMILES string of the molecule is CC1C=C(N2C3C=CC=CC3C3CC(C4=CCCc5c4sc4ccccc54)C=CC32)C=CC1. The molecule has 166 valence electrons. The van der Waals surface area contributed by atoms with E-state index in [4.69, 9.17) is 0 Å². The summed E-state index contributed by atoms with van der Waals surface area (Å²) >= 11 is 2.02. The summed E-state index contributed by atoms with van der Waals surface area (Å²) in [5.41, 5.74) is 4.63. The number of aryl methyl sites for hydroxylation is 1. The van der Waals surface area contributed by atoms with Gasteiger partial charge < -0.3 is 4.90 Å². The van der Waals surface area contributed by atoms with E-state index in [-0.39, 0.29) is 0 Å². The fraction of sp³-hybridized carbons (Fsp3) is 0.355. The molecule has 6 unspecified atom stereocenters. The minimum absolute atomic E-state index is 0.481. The van der Waals surface area contributed by atoms with E-state index in [0.29, 0.717) is 35.8 Å². The molecule has 2 heteroatoms. The largest absolute Gasteiger partial charge is 0.358 e. The van der Waals surface area contributed by atoms with Crippen molar-refractivity contribution in [2.24, 2.45) is 23.7 Å². The van der Waals surface area contributed by atoms with Crippen molar-refractivity contribution in [2.75, 3.05) is 0 Å². The highest BCUT2D eigenvalue weighted by Crippen LogP contribution is 2.51. The lowest BCUT2D eigenvalue weighted by atomic mass is 9.73. The molecule has 0 saturated carbocycles. The van der Waals surface area contributed by atoms with Crippen LogP contribution in [0.5, 0.6) is 0 Å². The van der Waals surface area contributed by atoms with Crippen LogP contribution in [-0.2, 0) is 6.42 Å². The van der Waals surface area contributed by atoms with Crippen LogP contribution < -0.4 is 0 Å². The summed E-state index contributed by atoms with van der Waals surface area (Å²) in [7, 11) is 0. The van der Waals surface area contributed by atoms with Crippen LogP contribution >= 0.6 is 11.3 Å². The van der Waals surface area contributed by atoms with Gasteiger partial charge in [0.2, 0.25) is 0 Å². The maximum absolute atomic E-state index is 2.73. The van der Waals surface area contributed by atoms with Crippen LogP contribution in [0.3, 0.4) is 0 Å². The normalized spacial score (nSPS) is 34.2. The van der Waals surface area contributed by atoms with Crippen molar-refractivity contribution in [1.82, 2.24) is 4.90 Å². The van der Waals surface area contributed by atoms with Gasteiger partial charge in [0.1, 0.15) is 0 Å². The molecule has 1 nitrogen and oxygen atoms in total. The van der Waals surface area contributed by atoms with E-state index < -0.39 is 0 Å². The van der Waals surface area contributed by atoms with Crippen LogP contribution in [0.2, 0.25) is 0 Å². The monoisotopic (exact) mass is 449 g/mol. The summed E-state index contributed by atoms with van der Waals surface area (Å²) in [4.78, 5) is 4.29. The lowest BCUT2D eigenvalue weighted by Crippen LogP contribution is -2.37. The minimum Gasteiger partial charge on any atom is -0.358 e. The Morgan fingerprint density at radius 2 is 1.91 bits per heavy atom. The summed E-state index contributed by atoms with van der Waals surface area (Å²) in [5, 5.41) is 1.48. The van der Waals surface area contributed by atoms with E-state index in [1.54, 1.807) is 16.0 Å². The zero-order valence-corrected chi connectivity index (χ0v) is 20.0. The third-order valence-electron chi connectivity index (χ3n) is 8.46. The van der Waals surface area contributed by atoms with Crippen molar-refractivity contribution >= 4 is 27.0 Å². The van der Waals surface area contributed by atoms with Gasteiger partial charge >= 0.3 is 0 Å². The molecule has 6 atom stereocenters. The Hall–Kier alpha value is -2.58. The molecule has 4 aliphatic carbocycles. The molecular formula is C31H31NS. The molecule has 1 saturated heterocycles. The Bertz CT molecular complexity index is 1280. The van der Waals surface area contributed by atoms with Gasteiger partial charge in [0, 0.05) is 27.1 Å². The van der Waals surface area contributed by atoms with Crippen molar-refractivity contribution < 1.29 is 0 Å². The van der Waals surface area contributed by atoms with Gasteiger partial charge in [-0.05, 0) is 66.2 Å². The summed E-state index contributed by atoms with van der Waals surface area (Å²) in [6.07, 6.45) is 29.2. The molecule has 0 bridgehead atoms. The number of nitrogens with zero attached hydrogens (tertiary/aromatic N) is 1. The van der Waals surface area contributed by atoms with E-state index in [1.807, 2.05) is 11.3 Å². The first-order chi connectivity index (χ1) is 16.3. The number of allylic oxidation sites excluding steroid dienone is 8. The summed E-state index contributed by atoms with van der Waals surface area (Å²) in [6, 6.07) is 9.98. The first-order valence-electron chi connectivity index (χ1n) is 12.7. The molecule has 33 heavy (non-hydrogen) atoms. The van der Waals surface area contributed by atoms with Crippen molar-refractivity contribution in [3.8, 4) is 0 Å². The molecule has 2 aromatic rings. The van der Waals surface area contributed by atoms with Gasteiger partial charge in [-0.3, -0.25) is 0 Å². The summed E-state index contributed by atoms with van der Waals surface area (Å²) in [5.74, 6) is 2.43. The van der Waals surface area contributed by atoms with Gasteiger partial charge in [0.25, 0.3) is 0 Å². The summed E-state index contributed by atoms with van der Waals surface area (Å²) in [6.45, 7) is 2.34. The number of fused-ring (bicyclic) bond motifs is 6. The van der Waals surface area contributed by atoms with Crippen LogP contribution in [0.4, 0.5) is 0 Å². The second-order valence-corrected chi connectivity index (χ2v) is 11.5. The fourth-order valence-electron chi connectivity index (χ4n) is 7.00. The second kappa shape index (κ2) is 7.74. The number of benzene rings is 1. The quantitative estimate of drug-likeness (QED) is 0.425. The predicted molar refractivity (Wildman–Crippen MR) is 141 cm³/mol. The third kappa shape index (κ3) is 3.10. The van der Waals surface area contributed by atoms with Crippen molar-refractivity contribution in [1.29, 1.82) is 0 Å². The first kappa shape index (κ1) is 19.9. The highest BCUT2D eigenvalue weighted by atomic mass is 32.1. The van der Waals surface area contributed by atoms with Crippen LogP contribution in [-0.4, -0.2) is 17.0 Å². The Labute approximate surface area is 201 Å². The molecule has 1 aliphatic heterocycles. The second-order valence-electron chi connectivity index (χ2n) is 10.4. The van der Waals surface area contributed by atoms with E-state index >= 15 is 0 Å². The molecule has 1 aromatic carbocycles. The van der Waals surface area contributed by atoms with Crippen molar-refractivity contribution in [2.45, 2.75) is 44.7 Å². The number of hydrogen-bond acceptors (Lipinski definition) is 2. The molecule has 0 spiro atoms. The zero-order valence-electron chi connectivity index (χ0n) is 19.2. The summed E-state index contributed by atoms with van der Waals surface area (Å²) < 4.78 is 1.45. The number of likely N-dealkylation sites (tertiary alicyclic amines) is 1. The molecule has 0 amide bonds. The molecule has 0 radical (unpaired) electrons. The average Bonchev–Trinajstić information content (AvgIpc) is 3.39. The Kier molecular flexibility index (Phi) is 4.65. The van der Waals surface area contributed by atoms with Crippen LogP contribution in [0.1, 0.15) is 36.6 Å². The number of thiophene rings is 1. The zero-order chi connectivity index (χ0) is 21.9. The van der Waals surface area contributed by atoms with Crippen molar-refractivity contribution in [3.63, 3.8) is 0 Å². The van der Waals surface area contributed by atoms with Crippen LogP contribution in [0, 0.1) is 23.7 Å². The lowest BCUT2D eigenvalue weighted by Gasteiger charge is -2.36. The van der Waals surface area contributed by atoms with Gasteiger partial charge in [0.15, 0.2) is 0 Å². The molecule has 0 N–H and O–H groups in total. The van der Waals surface area contributed by atoms with Gasteiger partial charge in [-0.2, -0.15) is 0 Å². The molecular weight excluding hydrogens is 418 g/mol. The van der Waals surface area contributed by atoms with Gasteiger partial charge in [-0.25, -0.2) is 0 Å². The fourth-order valence-corrected chi connectivity index (χ4v) is 8.36. The molecule has 1 aromatic heterocycles. The highest BCUT2D eigenvalue weighted by molar-refractivity contribution is 7.20. The Morgan fingerprint density at radius 3 is 2.85 bits per heavy atom. The molecule has 2 heterocycles. The minimum atomic E-state index is 0.481. The van der Waals surface area contributed by atoms with Gasteiger partial charge in [-0.1, -0.05) is 79.8 Å². The van der Waals surface area contributed by atoms with Gasteiger partial charge in [0.05, 0.1) is 12.1 Å². The maximum Gasteiger partial charge on any atom is 0.0548 e. The smallest absolute Gasteiger partial charge is 0.0548 e. The Balaban J connectivity index is 1.26. The number of rotatable bonds is 2. The number of hydrogen-bond donors (Lipinski definition) is 0. The van der Waals surface area contributed by atoms with E-state index in [0.717, 1.165) is 0 Å². The molecule has 1 fully saturated rings. The van der Waals surface area contributed by atoms with E-state index in [9.17, 15) is 0 Å². The topological polar surface area (TPSA) is 3.24 Å². The Morgan fingerprint density at radius 1 is 1.00 bits per heavy atom. The molecule has 5 aliphatic rings. The standard InChI is InChI=1S/C31H31NS/c1-20-8-6-9-22(18-20)32-28-14-4-2-10-24(28)27-19-21(16-17-29(27)32)23-12-7-13-26-25-11-3-5-15-30(25)33-31(23)26/h2-6,9-12,14-18,20-21,24,27-29H,7-8,13,19H2,1H3. The van der Waals surface area contributed by atoms with Gasteiger partial charge in [-0.15, -0.1) is 11.3 Å². The highest BCUT2D eigenvalue weighted by Gasteiger charge is 2.49. The first-order valence-corrected chi connectivity index (χ1v) is 13.5. The average molecular weight is 450 g/mol. The van der Waals surface area contributed by atoms with E-state index in [2.05, 4.69) is 96.8 Å². The molecule has 7 rings (SSSR count). The van der Waals surface area contributed by atoms with Crippen LogP contribution in [0.15, 0.2) is 90.7 Å². The van der Waals surface area contributed by atoms with Crippen molar-refractivity contribution in [3.05, 3.63) is 101 Å². The maximum atomic E-state index is 2.73. The van der Waals surface area contributed by atoms with E-state index in [1.165, 1.54) is 41.5 Å². The third-order valence-corrected chi connectivity index (χ3v) is 9.72.